The van der Waals surface area contributed by atoms with E-state index in [0.717, 1.165) is 24.9 Å². The second kappa shape index (κ2) is 3.58. The Balaban J connectivity index is 2.08. The first kappa shape index (κ1) is 8.88. The van der Waals surface area contributed by atoms with Gasteiger partial charge in [-0.1, -0.05) is 0 Å². The summed E-state index contributed by atoms with van der Waals surface area (Å²) in [5.41, 5.74) is 0. The SMILES string of the molecule is Cn1ccnc1N1CCC(CCl)C1. The molecule has 1 aliphatic heterocycles. The van der Waals surface area contributed by atoms with E-state index in [-0.39, 0.29) is 0 Å². The Labute approximate surface area is 83.3 Å². The van der Waals surface area contributed by atoms with E-state index in [9.17, 15) is 0 Å². The lowest BCUT2D eigenvalue weighted by Crippen LogP contribution is -2.23. The molecule has 0 saturated carbocycles. The Morgan fingerprint density at radius 3 is 3.08 bits per heavy atom. The van der Waals surface area contributed by atoms with Crippen molar-refractivity contribution in [3.63, 3.8) is 0 Å². The highest BCUT2D eigenvalue weighted by Gasteiger charge is 2.23. The Kier molecular flexibility index (Phi) is 2.44. The van der Waals surface area contributed by atoms with Crippen LogP contribution in [0, 0.1) is 5.92 Å². The number of anilines is 1. The summed E-state index contributed by atoms with van der Waals surface area (Å²) >= 11 is 5.82. The maximum atomic E-state index is 5.82. The molecule has 2 heterocycles. The fraction of sp³-hybridized carbons (Fsp3) is 0.667. The van der Waals surface area contributed by atoms with Crippen molar-refractivity contribution in [1.82, 2.24) is 9.55 Å². The number of rotatable bonds is 2. The van der Waals surface area contributed by atoms with Gasteiger partial charge in [0, 0.05) is 38.4 Å². The highest BCUT2D eigenvalue weighted by atomic mass is 35.5. The van der Waals surface area contributed by atoms with Crippen LogP contribution in [-0.2, 0) is 7.05 Å². The van der Waals surface area contributed by atoms with Gasteiger partial charge in [0.25, 0.3) is 0 Å². The van der Waals surface area contributed by atoms with E-state index in [1.165, 1.54) is 6.42 Å². The molecule has 1 aliphatic rings. The van der Waals surface area contributed by atoms with Gasteiger partial charge in [0.2, 0.25) is 5.95 Å². The molecule has 72 valence electrons. The Bertz CT molecular complexity index is 284. The van der Waals surface area contributed by atoms with Crippen LogP contribution in [0.3, 0.4) is 0 Å². The molecule has 4 heteroatoms. The molecule has 1 aromatic heterocycles. The number of hydrogen-bond acceptors (Lipinski definition) is 2. The van der Waals surface area contributed by atoms with Gasteiger partial charge < -0.3 is 9.47 Å². The third kappa shape index (κ3) is 1.66. The molecule has 1 fully saturated rings. The van der Waals surface area contributed by atoms with Gasteiger partial charge >= 0.3 is 0 Å². The molecular weight excluding hydrogens is 186 g/mol. The molecule has 1 aromatic rings. The predicted octanol–water partition coefficient (Wildman–Crippen LogP) is 1.49. The Morgan fingerprint density at radius 2 is 2.54 bits per heavy atom. The van der Waals surface area contributed by atoms with Crippen LogP contribution in [0.15, 0.2) is 12.4 Å². The smallest absolute Gasteiger partial charge is 0.205 e. The summed E-state index contributed by atoms with van der Waals surface area (Å²) in [4.78, 5) is 6.61. The monoisotopic (exact) mass is 199 g/mol. The van der Waals surface area contributed by atoms with E-state index in [2.05, 4.69) is 14.5 Å². The second-order valence-corrected chi connectivity index (χ2v) is 3.90. The lowest BCUT2D eigenvalue weighted by atomic mass is 10.2. The van der Waals surface area contributed by atoms with E-state index in [1.807, 2.05) is 19.4 Å². The lowest BCUT2D eigenvalue weighted by molar-refractivity contribution is 0.664. The number of nitrogens with zero attached hydrogens (tertiary/aromatic N) is 3. The largest absolute Gasteiger partial charge is 0.342 e. The minimum Gasteiger partial charge on any atom is -0.342 e. The lowest BCUT2D eigenvalue weighted by Gasteiger charge is -2.16. The molecule has 0 bridgehead atoms. The van der Waals surface area contributed by atoms with Crippen molar-refractivity contribution in [1.29, 1.82) is 0 Å². The van der Waals surface area contributed by atoms with Crippen LogP contribution in [0.1, 0.15) is 6.42 Å². The number of aryl methyl sites for hydroxylation is 1. The van der Waals surface area contributed by atoms with Gasteiger partial charge in [0.15, 0.2) is 0 Å². The van der Waals surface area contributed by atoms with E-state index >= 15 is 0 Å². The number of halogens is 1. The standard InChI is InChI=1S/C9H14ClN3/c1-12-5-3-11-9(12)13-4-2-8(6-10)7-13/h3,5,8H,2,4,6-7H2,1H3. The second-order valence-electron chi connectivity index (χ2n) is 3.59. The summed E-state index contributed by atoms with van der Waals surface area (Å²) in [5, 5.41) is 0. The zero-order chi connectivity index (χ0) is 9.26. The molecule has 13 heavy (non-hydrogen) atoms. The van der Waals surface area contributed by atoms with E-state index in [1.54, 1.807) is 0 Å². The highest BCUT2D eigenvalue weighted by Crippen LogP contribution is 2.22. The van der Waals surface area contributed by atoms with Gasteiger partial charge in [-0.25, -0.2) is 4.98 Å². The molecule has 1 atom stereocenters. The van der Waals surface area contributed by atoms with Crippen LogP contribution in [0.25, 0.3) is 0 Å². The molecule has 0 N–H and O–H groups in total. The third-order valence-corrected chi connectivity index (χ3v) is 3.02. The van der Waals surface area contributed by atoms with Crippen molar-refractivity contribution in [2.24, 2.45) is 13.0 Å². The summed E-state index contributed by atoms with van der Waals surface area (Å²) in [5.74, 6) is 2.46. The average Bonchev–Trinajstić information content (AvgIpc) is 2.71. The molecule has 0 aliphatic carbocycles. The fourth-order valence-electron chi connectivity index (χ4n) is 1.80. The number of imidazole rings is 1. The van der Waals surface area contributed by atoms with Crippen molar-refractivity contribution in [2.45, 2.75) is 6.42 Å². The summed E-state index contributed by atoms with van der Waals surface area (Å²) in [6.45, 7) is 2.14. The zero-order valence-electron chi connectivity index (χ0n) is 7.78. The van der Waals surface area contributed by atoms with Gasteiger partial charge in [-0.05, 0) is 12.3 Å². The summed E-state index contributed by atoms with van der Waals surface area (Å²) in [6, 6.07) is 0. The Hall–Kier alpha value is -0.700. The average molecular weight is 200 g/mol. The van der Waals surface area contributed by atoms with Crippen molar-refractivity contribution in [2.75, 3.05) is 23.9 Å². The van der Waals surface area contributed by atoms with Crippen LogP contribution in [0.5, 0.6) is 0 Å². The van der Waals surface area contributed by atoms with Gasteiger partial charge in [0.1, 0.15) is 0 Å². The first-order valence-electron chi connectivity index (χ1n) is 4.59. The number of alkyl halides is 1. The quantitative estimate of drug-likeness (QED) is 0.673. The fourth-order valence-corrected chi connectivity index (χ4v) is 2.05. The molecule has 1 unspecified atom stereocenters. The van der Waals surface area contributed by atoms with E-state index < -0.39 is 0 Å². The van der Waals surface area contributed by atoms with Crippen LogP contribution in [-0.4, -0.2) is 28.5 Å². The first-order valence-corrected chi connectivity index (χ1v) is 5.13. The predicted molar refractivity (Wildman–Crippen MR) is 54.2 cm³/mol. The topological polar surface area (TPSA) is 21.1 Å². The maximum absolute atomic E-state index is 5.82. The summed E-state index contributed by atoms with van der Waals surface area (Å²) in [6.07, 6.45) is 5.00. The van der Waals surface area contributed by atoms with Crippen LogP contribution in [0.4, 0.5) is 5.95 Å². The highest BCUT2D eigenvalue weighted by molar-refractivity contribution is 6.18. The van der Waals surface area contributed by atoms with Crippen LogP contribution in [0.2, 0.25) is 0 Å². The molecule has 0 aromatic carbocycles. The number of aromatic nitrogens is 2. The van der Waals surface area contributed by atoms with Crippen molar-refractivity contribution in [3.05, 3.63) is 12.4 Å². The van der Waals surface area contributed by atoms with Crippen LogP contribution >= 0.6 is 11.6 Å². The summed E-state index contributed by atoms with van der Waals surface area (Å²) in [7, 11) is 2.02. The normalized spacial score (nSPS) is 22.6. The zero-order valence-corrected chi connectivity index (χ0v) is 8.54. The molecule has 0 radical (unpaired) electrons. The van der Waals surface area contributed by atoms with Gasteiger partial charge in [-0.15, -0.1) is 11.6 Å². The molecule has 2 rings (SSSR count). The minimum absolute atomic E-state index is 0.637. The minimum atomic E-state index is 0.637. The van der Waals surface area contributed by atoms with Gasteiger partial charge in [-0.2, -0.15) is 0 Å². The molecule has 1 saturated heterocycles. The van der Waals surface area contributed by atoms with Crippen molar-refractivity contribution >= 4 is 17.5 Å². The van der Waals surface area contributed by atoms with Crippen molar-refractivity contribution < 1.29 is 0 Å². The van der Waals surface area contributed by atoms with Crippen LogP contribution < -0.4 is 4.90 Å². The van der Waals surface area contributed by atoms with Gasteiger partial charge in [0.05, 0.1) is 0 Å². The molecular formula is C9H14ClN3. The Morgan fingerprint density at radius 1 is 1.69 bits per heavy atom. The molecule has 0 spiro atoms. The summed E-state index contributed by atoms with van der Waals surface area (Å²) < 4.78 is 2.05. The molecule has 3 nitrogen and oxygen atoms in total. The van der Waals surface area contributed by atoms with Crippen molar-refractivity contribution in [3.8, 4) is 0 Å². The van der Waals surface area contributed by atoms with Gasteiger partial charge in [-0.3, -0.25) is 0 Å². The number of hydrogen-bond donors (Lipinski definition) is 0. The first-order chi connectivity index (χ1) is 6.31. The maximum Gasteiger partial charge on any atom is 0.205 e. The van der Waals surface area contributed by atoms with E-state index in [4.69, 9.17) is 11.6 Å². The molecule has 0 amide bonds. The third-order valence-electron chi connectivity index (χ3n) is 2.58. The van der Waals surface area contributed by atoms with E-state index in [0.29, 0.717) is 5.92 Å².